The van der Waals surface area contributed by atoms with Crippen molar-refractivity contribution in [3.63, 3.8) is 0 Å². The first-order valence-electron chi connectivity index (χ1n) is 8.96. The molecule has 0 bridgehead atoms. The van der Waals surface area contributed by atoms with E-state index in [0.717, 1.165) is 26.2 Å². The topological polar surface area (TPSA) is 56.2 Å². The van der Waals surface area contributed by atoms with Crippen molar-refractivity contribution < 1.29 is 14.6 Å². The zero-order valence-corrected chi connectivity index (χ0v) is 15.6. The van der Waals surface area contributed by atoms with Gasteiger partial charge >= 0.3 is 5.97 Å². The molecule has 0 saturated carbocycles. The molecule has 1 saturated heterocycles. The summed E-state index contributed by atoms with van der Waals surface area (Å²) in [6, 6.07) is 10.4. The fourth-order valence-corrected chi connectivity index (χ4v) is 3.36. The monoisotopic (exact) mass is 349 g/mol. The highest BCUT2D eigenvalue weighted by Gasteiger charge is 2.21. The zero-order valence-electron chi connectivity index (χ0n) is 15.6. The highest BCUT2D eigenvalue weighted by Crippen LogP contribution is 2.15. The maximum Gasteiger partial charge on any atom is 0.309 e. The van der Waals surface area contributed by atoms with E-state index < -0.39 is 6.10 Å². The molecule has 2 atom stereocenters. The lowest BCUT2D eigenvalue weighted by molar-refractivity contribution is -0.145. The summed E-state index contributed by atoms with van der Waals surface area (Å²) in [5.74, 6) is -0.394. The zero-order chi connectivity index (χ0) is 18.2. The van der Waals surface area contributed by atoms with Crippen molar-refractivity contribution in [1.82, 2.24) is 9.80 Å². The van der Waals surface area contributed by atoms with Gasteiger partial charge in [0.2, 0.25) is 0 Å². The van der Waals surface area contributed by atoms with Crippen molar-refractivity contribution in [2.75, 3.05) is 64.9 Å². The normalized spacial score (nSPS) is 18.2. The Morgan fingerprint density at radius 2 is 1.84 bits per heavy atom. The minimum atomic E-state index is -0.418. The standard InChI is InChI=1S/C19H31N3O3/c1-16(19(24)25-3)13-20(2)14-18(23)15-21-9-11-22(12-10-21)17-7-5-4-6-8-17/h4-8,16,18,23H,9-15H2,1-3H3/t16-,18+/m0/s1. The van der Waals surface area contributed by atoms with Gasteiger partial charge in [-0.3, -0.25) is 9.69 Å². The van der Waals surface area contributed by atoms with Crippen LogP contribution in [-0.4, -0.2) is 87.0 Å². The highest BCUT2D eigenvalue weighted by molar-refractivity contribution is 5.72. The number of carbonyl (C=O) groups excluding carboxylic acids is 1. The number of benzene rings is 1. The van der Waals surface area contributed by atoms with Gasteiger partial charge in [-0.25, -0.2) is 0 Å². The quantitative estimate of drug-likeness (QED) is 0.704. The second-order valence-corrected chi connectivity index (χ2v) is 6.92. The van der Waals surface area contributed by atoms with Crippen LogP contribution in [0.15, 0.2) is 30.3 Å². The lowest BCUT2D eigenvalue weighted by Gasteiger charge is -2.37. The number of hydrogen-bond donors (Lipinski definition) is 1. The van der Waals surface area contributed by atoms with Gasteiger partial charge in [0.25, 0.3) is 0 Å². The average Bonchev–Trinajstić information content (AvgIpc) is 2.62. The van der Waals surface area contributed by atoms with Gasteiger partial charge < -0.3 is 19.6 Å². The van der Waals surface area contributed by atoms with Crippen molar-refractivity contribution in [1.29, 1.82) is 0 Å². The third-order valence-electron chi connectivity index (χ3n) is 4.67. The van der Waals surface area contributed by atoms with Gasteiger partial charge in [0, 0.05) is 51.5 Å². The summed E-state index contributed by atoms with van der Waals surface area (Å²) in [5, 5.41) is 10.4. The van der Waals surface area contributed by atoms with Crippen molar-refractivity contribution in [3.8, 4) is 0 Å². The van der Waals surface area contributed by atoms with Crippen LogP contribution in [0.3, 0.4) is 0 Å². The molecular formula is C19H31N3O3. The smallest absolute Gasteiger partial charge is 0.309 e. The minimum Gasteiger partial charge on any atom is -0.469 e. The Morgan fingerprint density at radius 3 is 2.44 bits per heavy atom. The number of β-amino-alcohol motifs (C(OH)–C–C–N with tert-alkyl or cyclic N) is 1. The lowest BCUT2D eigenvalue weighted by Crippen LogP contribution is -2.50. The van der Waals surface area contributed by atoms with E-state index in [9.17, 15) is 9.90 Å². The van der Waals surface area contributed by atoms with Crippen LogP contribution in [0.2, 0.25) is 0 Å². The molecule has 1 fully saturated rings. The highest BCUT2D eigenvalue weighted by atomic mass is 16.5. The van der Waals surface area contributed by atoms with E-state index in [-0.39, 0.29) is 11.9 Å². The molecule has 1 aromatic rings. The predicted octanol–water partition coefficient (Wildman–Crippen LogP) is 0.910. The average molecular weight is 349 g/mol. The molecule has 1 N–H and O–H groups in total. The molecule has 6 nitrogen and oxygen atoms in total. The number of methoxy groups -OCH3 is 1. The van der Waals surface area contributed by atoms with Crippen molar-refractivity contribution in [3.05, 3.63) is 30.3 Å². The third-order valence-corrected chi connectivity index (χ3v) is 4.67. The molecule has 1 aliphatic rings. The number of nitrogens with zero attached hydrogens (tertiary/aromatic N) is 3. The van der Waals surface area contributed by atoms with Gasteiger partial charge in [-0.05, 0) is 19.2 Å². The van der Waals surface area contributed by atoms with Gasteiger partial charge in [0.15, 0.2) is 0 Å². The number of hydrogen-bond acceptors (Lipinski definition) is 6. The predicted molar refractivity (Wildman–Crippen MR) is 99.8 cm³/mol. The molecule has 1 aromatic carbocycles. The Hall–Kier alpha value is -1.63. The molecule has 6 heteroatoms. The van der Waals surface area contributed by atoms with E-state index in [2.05, 4.69) is 34.1 Å². The molecule has 140 valence electrons. The summed E-state index contributed by atoms with van der Waals surface area (Å²) in [6.07, 6.45) is -0.418. The van der Waals surface area contributed by atoms with Crippen LogP contribution < -0.4 is 4.90 Å². The van der Waals surface area contributed by atoms with Crippen molar-refractivity contribution in [2.45, 2.75) is 13.0 Å². The maximum atomic E-state index is 11.5. The molecule has 1 aliphatic heterocycles. The molecule has 0 spiro atoms. The van der Waals surface area contributed by atoms with E-state index in [0.29, 0.717) is 19.6 Å². The molecule has 0 aromatic heterocycles. The third kappa shape index (κ3) is 6.30. The van der Waals surface area contributed by atoms with Gasteiger partial charge in [0.05, 0.1) is 19.1 Å². The van der Waals surface area contributed by atoms with E-state index in [4.69, 9.17) is 4.74 Å². The first-order valence-corrected chi connectivity index (χ1v) is 8.96. The molecule has 25 heavy (non-hydrogen) atoms. The number of aliphatic hydroxyl groups excluding tert-OH is 1. The number of anilines is 1. The summed E-state index contributed by atoms with van der Waals surface area (Å²) in [7, 11) is 3.33. The minimum absolute atomic E-state index is 0.184. The Bertz CT molecular complexity index is 518. The second kappa shape index (κ2) is 9.75. The second-order valence-electron chi connectivity index (χ2n) is 6.92. The number of rotatable bonds is 8. The fraction of sp³-hybridized carbons (Fsp3) is 0.632. The van der Waals surface area contributed by atoms with Crippen LogP contribution in [0.25, 0.3) is 0 Å². The summed E-state index contributed by atoms with van der Waals surface area (Å²) in [4.78, 5) is 18.2. The number of aliphatic hydroxyl groups is 1. The van der Waals surface area contributed by atoms with Gasteiger partial charge in [0.1, 0.15) is 0 Å². The van der Waals surface area contributed by atoms with E-state index in [1.54, 1.807) is 0 Å². The van der Waals surface area contributed by atoms with Crippen LogP contribution in [0.1, 0.15) is 6.92 Å². The van der Waals surface area contributed by atoms with Gasteiger partial charge in [-0.15, -0.1) is 0 Å². The number of ether oxygens (including phenoxy) is 1. The van der Waals surface area contributed by atoms with Gasteiger partial charge in [-0.2, -0.15) is 0 Å². The van der Waals surface area contributed by atoms with E-state index >= 15 is 0 Å². The largest absolute Gasteiger partial charge is 0.469 e. The maximum absolute atomic E-state index is 11.5. The molecule has 1 heterocycles. The van der Waals surface area contributed by atoms with Crippen molar-refractivity contribution in [2.24, 2.45) is 5.92 Å². The number of esters is 1. The summed E-state index contributed by atoms with van der Waals surface area (Å²) in [6.45, 7) is 7.52. The fourth-order valence-electron chi connectivity index (χ4n) is 3.36. The lowest BCUT2D eigenvalue weighted by atomic mass is 10.1. The molecular weight excluding hydrogens is 318 g/mol. The van der Waals surface area contributed by atoms with Gasteiger partial charge in [-0.1, -0.05) is 25.1 Å². The summed E-state index contributed by atoms with van der Waals surface area (Å²) in [5.41, 5.74) is 1.26. The van der Waals surface area contributed by atoms with E-state index in [1.165, 1.54) is 12.8 Å². The molecule has 0 radical (unpaired) electrons. The number of carbonyl (C=O) groups is 1. The van der Waals surface area contributed by atoms with E-state index in [1.807, 2.05) is 24.9 Å². The number of para-hydroxylation sites is 1. The Labute approximate surface area is 151 Å². The number of piperazine rings is 1. The molecule has 0 unspecified atom stereocenters. The first-order chi connectivity index (χ1) is 12.0. The molecule has 0 aliphatic carbocycles. The Balaban J connectivity index is 1.69. The number of likely N-dealkylation sites (N-methyl/N-ethyl adjacent to an activating group) is 1. The van der Waals surface area contributed by atoms with Crippen LogP contribution >= 0.6 is 0 Å². The molecule has 2 rings (SSSR count). The van der Waals surface area contributed by atoms with Crippen LogP contribution in [0.5, 0.6) is 0 Å². The first kappa shape index (κ1) is 19.7. The van der Waals surface area contributed by atoms with Crippen LogP contribution in [0, 0.1) is 5.92 Å². The Kier molecular flexibility index (Phi) is 7.68. The van der Waals surface area contributed by atoms with Crippen LogP contribution in [0.4, 0.5) is 5.69 Å². The van der Waals surface area contributed by atoms with Crippen molar-refractivity contribution >= 4 is 11.7 Å². The Morgan fingerprint density at radius 1 is 1.20 bits per heavy atom. The molecule has 0 amide bonds. The summed E-state index contributed by atoms with van der Waals surface area (Å²) >= 11 is 0. The van der Waals surface area contributed by atoms with Crippen LogP contribution in [-0.2, 0) is 9.53 Å². The SMILES string of the molecule is COC(=O)[C@@H](C)CN(C)C[C@@H](O)CN1CCN(c2ccccc2)CC1. The summed E-state index contributed by atoms with van der Waals surface area (Å²) < 4.78 is 4.74.